The maximum atomic E-state index is 13.1. The van der Waals surface area contributed by atoms with Gasteiger partial charge in [-0.1, -0.05) is 13.8 Å². The van der Waals surface area contributed by atoms with Gasteiger partial charge in [-0.15, -0.1) is 0 Å². The highest BCUT2D eigenvalue weighted by molar-refractivity contribution is 5.98. The zero-order chi connectivity index (χ0) is 30.8. The Morgan fingerprint density at radius 3 is 2.32 bits per heavy atom. The lowest BCUT2D eigenvalue weighted by Crippen LogP contribution is -2.47. The molecule has 0 aromatic carbocycles. The molecular weight excluding hydrogens is 552 g/mol. The number of likely N-dealkylation sites (tertiary alicyclic amines) is 1. The van der Waals surface area contributed by atoms with Gasteiger partial charge in [0, 0.05) is 62.6 Å². The number of aromatic amines is 1. The van der Waals surface area contributed by atoms with Crippen molar-refractivity contribution in [2.24, 2.45) is 11.8 Å². The van der Waals surface area contributed by atoms with Crippen LogP contribution in [0, 0.1) is 11.8 Å². The van der Waals surface area contributed by atoms with Gasteiger partial charge in [0.05, 0.1) is 0 Å². The van der Waals surface area contributed by atoms with E-state index in [-0.39, 0.29) is 23.6 Å². The summed E-state index contributed by atoms with van der Waals surface area (Å²) in [6, 6.07) is 4.62. The van der Waals surface area contributed by atoms with E-state index in [1.165, 1.54) is 42.5 Å². The third-order valence-corrected chi connectivity index (χ3v) is 10.8. The number of carbonyl (C=O) groups is 3. The van der Waals surface area contributed by atoms with E-state index >= 15 is 0 Å². The first-order valence-electron chi connectivity index (χ1n) is 17.3. The number of rotatable bonds is 4. The maximum Gasteiger partial charge on any atom is 0.271 e. The van der Waals surface area contributed by atoms with E-state index in [1.807, 2.05) is 29.7 Å². The first kappa shape index (κ1) is 31.1. The molecule has 2 N–H and O–H groups in total. The summed E-state index contributed by atoms with van der Waals surface area (Å²) >= 11 is 0. The molecule has 3 aliphatic heterocycles. The van der Waals surface area contributed by atoms with Crippen molar-refractivity contribution in [2.75, 3.05) is 52.9 Å². The number of aromatic nitrogens is 2. The van der Waals surface area contributed by atoms with Crippen LogP contribution in [-0.4, -0.2) is 101 Å². The number of likely N-dealkylation sites (N-methyl/N-ethyl adjacent to an activating group) is 1. The Morgan fingerprint density at radius 1 is 0.864 bits per heavy atom. The number of nitrogens with one attached hydrogen (secondary N) is 2. The molecule has 3 saturated heterocycles. The van der Waals surface area contributed by atoms with Crippen LogP contribution in [0.2, 0.25) is 0 Å². The quantitative estimate of drug-likeness (QED) is 0.547. The molecule has 5 heterocycles. The third kappa shape index (κ3) is 6.41. The average Bonchev–Trinajstić information content (AvgIpc) is 3.79. The van der Waals surface area contributed by atoms with Crippen molar-refractivity contribution in [3.8, 4) is 0 Å². The number of H-pyrrole nitrogens is 1. The first-order chi connectivity index (χ1) is 21.3. The van der Waals surface area contributed by atoms with Crippen molar-refractivity contribution in [3.63, 3.8) is 0 Å². The van der Waals surface area contributed by atoms with E-state index < -0.39 is 0 Å². The number of piperidine rings is 1. The van der Waals surface area contributed by atoms with E-state index in [4.69, 9.17) is 0 Å². The molecule has 5 aliphatic rings. The minimum absolute atomic E-state index is 0.0224. The standard InChI is InChI=1S/C19H29N3O2.C16H23N3O/c1-4-14(2)18(23)22-16-8-6-5-7-15(16)13-17(22)19(24)21-11-9-20(3)10-12-21;20-16(14-8-11-4-1-2-6-13(11)18-14)19-9-12-5-3-7-17-15(12)10-19/h13-14H,4-12H2,1-3H3;8,12,15,17-18H,1-7,9-10H2/t;12-,15+/m.1/s1. The lowest BCUT2D eigenvalue weighted by Gasteiger charge is -2.32. The molecule has 240 valence electrons. The molecule has 9 nitrogen and oxygen atoms in total. The van der Waals surface area contributed by atoms with E-state index in [0.29, 0.717) is 17.7 Å². The van der Waals surface area contributed by atoms with Gasteiger partial charge in [-0.05, 0) is 113 Å². The molecule has 0 saturated carbocycles. The lowest BCUT2D eigenvalue weighted by atomic mass is 9.94. The van der Waals surface area contributed by atoms with Crippen LogP contribution in [0.5, 0.6) is 0 Å². The summed E-state index contributed by atoms with van der Waals surface area (Å²) in [6.07, 6.45) is 12.2. The summed E-state index contributed by atoms with van der Waals surface area (Å²) in [6.45, 7) is 10.2. The predicted molar refractivity (Wildman–Crippen MR) is 172 cm³/mol. The SMILES string of the molecule is CCC(C)C(=O)n1c(C(=O)N2CCN(C)CC2)cc2c1CCCC2.O=C(c1cc2c([nH]1)CCCC2)N1C[C@H]2CCCN[C@H]2C1. The van der Waals surface area contributed by atoms with Gasteiger partial charge < -0.3 is 25.0 Å². The van der Waals surface area contributed by atoms with Crippen LogP contribution >= 0.6 is 0 Å². The fraction of sp³-hybridized carbons (Fsp3) is 0.686. The maximum absolute atomic E-state index is 13.1. The van der Waals surface area contributed by atoms with E-state index in [0.717, 1.165) is 102 Å². The zero-order valence-corrected chi connectivity index (χ0v) is 27.1. The van der Waals surface area contributed by atoms with Crippen LogP contribution < -0.4 is 5.32 Å². The van der Waals surface area contributed by atoms with Gasteiger partial charge in [-0.3, -0.25) is 19.0 Å². The van der Waals surface area contributed by atoms with Gasteiger partial charge in [0.1, 0.15) is 11.4 Å². The van der Waals surface area contributed by atoms with Crippen LogP contribution in [-0.2, 0) is 25.7 Å². The molecule has 1 unspecified atom stereocenters. The van der Waals surface area contributed by atoms with Crippen molar-refractivity contribution in [1.82, 2.24) is 29.6 Å². The smallest absolute Gasteiger partial charge is 0.271 e. The Balaban J connectivity index is 0.000000158. The summed E-state index contributed by atoms with van der Waals surface area (Å²) in [5, 5.41) is 3.56. The monoisotopic (exact) mass is 604 g/mol. The third-order valence-electron chi connectivity index (χ3n) is 10.8. The van der Waals surface area contributed by atoms with E-state index in [1.54, 1.807) is 4.57 Å². The second-order valence-corrected chi connectivity index (χ2v) is 13.9. The molecule has 44 heavy (non-hydrogen) atoms. The Morgan fingerprint density at radius 2 is 1.59 bits per heavy atom. The van der Waals surface area contributed by atoms with Crippen molar-refractivity contribution in [3.05, 3.63) is 46.0 Å². The minimum Gasteiger partial charge on any atom is -0.354 e. The van der Waals surface area contributed by atoms with Gasteiger partial charge >= 0.3 is 0 Å². The molecule has 9 heteroatoms. The lowest BCUT2D eigenvalue weighted by molar-refractivity contribution is 0.0638. The number of amides is 2. The fourth-order valence-corrected chi connectivity index (χ4v) is 7.78. The minimum atomic E-state index is -0.0533. The van der Waals surface area contributed by atoms with E-state index in [2.05, 4.69) is 28.3 Å². The van der Waals surface area contributed by atoms with E-state index in [9.17, 15) is 14.4 Å². The summed E-state index contributed by atoms with van der Waals surface area (Å²) in [5.41, 5.74) is 6.37. The molecule has 2 aromatic heterocycles. The van der Waals surface area contributed by atoms with Crippen molar-refractivity contribution in [2.45, 2.75) is 90.5 Å². The fourth-order valence-electron chi connectivity index (χ4n) is 7.78. The molecule has 0 bridgehead atoms. The Labute approximate surface area is 262 Å². The van der Waals surface area contributed by atoms with Crippen LogP contribution in [0.4, 0.5) is 0 Å². The summed E-state index contributed by atoms with van der Waals surface area (Å²) in [7, 11) is 2.08. The number of hydrogen-bond donors (Lipinski definition) is 2. The van der Waals surface area contributed by atoms with Gasteiger partial charge in [0.2, 0.25) is 5.91 Å². The zero-order valence-electron chi connectivity index (χ0n) is 27.1. The van der Waals surface area contributed by atoms with Crippen LogP contribution in [0.3, 0.4) is 0 Å². The van der Waals surface area contributed by atoms with Crippen molar-refractivity contribution >= 4 is 17.7 Å². The molecule has 2 amide bonds. The number of carbonyl (C=O) groups excluding carboxylic acids is 3. The molecule has 7 rings (SSSR count). The van der Waals surface area contributed by atoms with Crippen molar-refractivity contribution < 1.29 is 14.4 Å². The number of nitrogens with zero attached hydrogens (tertiary/aromatic N) is 4. The normalized spacial score (nSPS) is 24.1. The Hall–Kier alpha value is -2.91. The van der Waals surface area contributed by atoms with Gasteiger partial charge in [0.25, 0.3) is 11.8 Å². The van der Waals surface area contributed by atoms with Crippen molar-refractivity contribution in [1.29, 1.82) is 0 Å². The predicted octanol–water partition coefficient (Wildman–Crippen LogP) is 4.16. The largest absolute Gasteiger partial charge is 0.354 e. The van der Waals surface area contributed by atoms with Crippen LogP contribution in [0.15, 0.2) is 12.1 Å². The van der Waals surface area contributed by atoms with Gasteiger partial charge in [0.15, 0.2) is 0 Å². The summed E-state index contributed by atoms with van der Waals surface area (Å²) < 4.78 is 1.77. The number of piperazine rings is 1. The van der Waals surface area contributed by atoms with Gasteiger partial charge in [-0.2, -0.15) is 0 Å². The second-order valence-electron chi connectivity index (χ2n) is 13.9. The van der Waals surface area contributed by atoms with Crippen LogP contribution in [0.25, 0.3) is 0 Å². The molecule has 3 fully saturated rings. The highest BCUT2D eigenvalue weighted by Gasteiger charge is 2.37. The van der Waals surface area contributed by atoms with Gasteiger partial charge in [-0.25, -0.2) is 0 Å². The Kier molecular flexibility index (Phi) is 9.62. The topological polar surface area (TPSA) is 93.7 Å². The molecule has 0 spiro atoms. The highest BCUT2D eigenvalue weighted by Crippen LogP contribution is 2.29. The summed E-state index contributed by atoms with van der Waals surface area (Å²) in [4.78, 5) is 48.3. The molecule has 2 aromatic rings. The molecule has 3 atom stereocenters. The number of fused-ring (bicyclic) bond motifs is 3. The second kappa shape index (κ2) is 13.6. The first-order valence-corrected chi connectivity index (χ1v) is 17.3. The average molecular weight is 605 g/mol. The molecule has 2 aliphatic carbocycles. The molecule has 0 radical (unpaired) electrons. The Bertz CT molecular complexity index is 1310. The number of hydrogen-bond acceptors (Lipinski definition) is 5. The highest BCUT2D eigenvalue weighted by atomic mass is 16.2. The van der Waals surface area contributed by atoms with Crippen LogP contribution in [0.1, 0.15) is 107 Å². The molecular formula is C35H52N6O3. The number of aryl methyl sites for hydroxylation is 3. The summed E-state index contributed by atoms with van der Waals surface area (Å²) in [5.74, 6) is 0.919.